The van der Waals surface area contributed by atoms with Crippen LogP contribution in [0.15, 0.2) is 57.5 Å². The summed E-state index contributed by atoms with van der Waals surface area (Å²) >= 11 is 0. The molecule has 0 aliphatic carbocycles. The first-order valence-electron chi connectivity index (χ1n) is 6.04. The van der Waals surface area contributed by atoms with Gasteiger partial charge < -0.3 is 9.73 Å². The molecule has 6 heteroatoms. The Labute approximate surface area is 117 Å². The van der Waals surface area contributed by atoms with Gasteiger partial charge in [0.25, 0.3) is 0 Å². The summed E-state index contributed by atoms with van der Waals surface area (Å²) in [4.78, 5) is 16.3. The van der Waals surface area contributed by atoms with E-state index in [9.17, 15) is 0 Å². The van der Waals surface area contributed by atoms with Crippen molar-refractivity contribution < 1.29 is 4.42 Å². The number of rotatable bonds is 4. The molecule has 0 aliphatic heterocycles. The molecular weight excluding hydrogens is 254 g/mol. The van der Waals surface area contributed by atoms with Crippen LogP contribution in [0.2, 0.25) is 0 Å². The molecule has 0 saturated carbocycles. The Kier molecular flexibility index (Phi) is 4.77. The number of allylic oxidation sites excluding steroid dienone is 1. The van der Waals surface area contributed by atoms with Gasteiger partial charge in [-0.05, 0) is 31.3 Å². The monoisotopic (exact) mass is 269 g/mol. The minimum Gasteiger partial charge on any atom is -0.447 e. The highest BCUT2D eigenvalue weighted by Gasteiger charge is 1.99. The first kappa shape index (κ1) is 13.7. The normalized spacial score (nSPS) is 12.2. The van der Waals surface area contributed by atoms with E-state index in [1.165, 1.54) is 6.26 Å². The van der Waals surface area contributed by atoms with Crippen molar-refractivity contribution >= 4 is 18.3 Å². The van der Waals surface area contributed by atoms with Crippen molar-refractivity contribution in [3.8, 4) is 0 Å². The van der Waals surface area contributed by atoms with E-state index < -0.39 is 0 Å². The number of aromatic nitrogens is 2. The molecular formula is C14H15N5O. The third kappa shape index (κ3) is 3.88. The molecule has 0 spiro atoms. The van der Waals surface area contributed by atoms with E-state index in [1.54, 1.807) is 18.6 Å². The van der Waals surface area contributed by atoms with E-state index in [-0.39, 0.29) is 0 Å². The van der Waals surface area contributed by atoms with E-state index >= 15 is 0 Å². The van der Waals surface area contributed by atoms with Gasteiger partial charge in [0.05, 0.1) is 18.4 Å². The summed E-state index contributed by atoms with van der Waals surface area (Å²) in [5.74, 6) is 0.963. The number of oxazole rings is 1. The smallest absolute Gasteiger partial charge is 0.222 e. The minimum absolute atomic E-state index is 0.401. The van der Waals surface area contributed by atoms with Crippen LogP contribution < -0.4 is 5.32 Å². The first-order chi connectivity index (χ1) is 9.79. The Hall–Kier alpha value is -2.76. The Morgan fingerprint density at radius 1 is 1.40 bits per heavy atom. The van der Waals surface area contributed by atoms with Crippen molar-refractivity contribution in [2.75, 3.05) is 0 Å². The molecule has 2 aromatic rings. The lowest BCUT2D eigenvalue weighted by molar-refractivity contribution is 0.488. The maximum absolute atomic E-state index is 5.11. The molecule has 0 atom stereocenters. The van der Waals surface area contributed by atoms with Crippen molar-refractivity contribution in [2.45, 2.75) is 13.5 Å². The Morgan fingerprint density at radius 2 is 2.30 bits per heavy atom. The minimum atomic E-state index is 0.401. The number of hydrogen-bond donors (Lipinski definition) is 1. The van der Waals surface area contributed by atoms with Crippen molar-refractivity contribution in [1.82, 2.24) is 15.3 Å². The van der Waals surface area contributed by atoms with Gasteiger partial charge in [-0.25, -0.2) is 15.0 Å². The molecule has 0 radical (unpaired) electrons. The molecule has 0 saturated heterocycles. The van der Waals surface area contributed by atoms with E-state index in [4.69, 9.17) is 4.42 Å². The number of nitrogens with zero attached hydrogens (tertiary/aromatic N) is 4. The molecule has 2 rings (SSSR count). The average Bonchev–Trinajstić information content (AvgIpc) is 3.01. The second-order valence-electron chi connectivity index (χ2n) is 3.92. The van der Waals surface area contributed by atoms with Crippen LogP contribution >= 0.6 is 0 Å². The average molecular weight is 269 g/mol. The van der Waals surface area contributed by atoms with Gasteiger partial charge in [0.15, 0.2) is 0 Å². The third-order valence-corrected chi connectivity index (χ3v) is 2.48. The van der Waals surface area contributed by atoms with Gasteiger partial charge in [0.2, 0.25) is 11.9 Å². The van der Waals surface area contributed by atoms with Gasteiger partial charge in [-0.2, -0.15) is 0 Å². The van der Waals surface area contributed by atoms with Crippen molar-refractivity contribution in [2.24, 2.45) is 9.98 Å². The van der Waals surface area contributed by atoms with E-state index in [0.717, 1.165) is 11.3 Å². The van der Waals surface area contributed by atoms with Gasteiger partial charge in [0.1, 0.15) is 6.26 Å². The number of nitrogens with one attached hydrogen (secondary N) is 1. The van der Waals surface area contributed by atoms with E-state index in [1.807, 2.05) is 25.1 Å². The molecule has 0 unspecified atom stereocenters. The Morgan fingerprint density at radius 3 is 2.95 bits per heavy atom. The van der Waals surface area contributed by atoms with Gasteiger partial charge in [-0.15, -0.1) is 0 Å². The van der Waals surface area contributed by atoms with Crippen LogP contribution in [0.25, 0.3) is 5.57 Å². The number of guanidine groups is 1. The second kappa shape index (κ2) is 6.98. The fourth-order valence-corrected chi connectivity index (χ4v) is 1.46. The van der Waals surface area contributed by atoms with Crippen LogP contribution in [0.5, 0.6) is 0 Å². The standard InChI is InChI=1S/C14H15N5O/c1-11(12-5-3-4-6-16-12)9-18-14(15-2)19-10-13-17-7-8-20-13/h3-9H,2,10H2,1H3,(H,18,19)/b11-9+. The molecule has 0 aromatic carbocycles. The molecule has 0 fully saturated rings. The fraction of sp³-hybridized carbons (Fsp3) is 0.143. The Balaban J connectivity index is 2.01. The lowest BCUT2D eigenvalue weighted by atomic mass is 10.2. The molecule has 6 nitrogen and oxygen atoms in total. The predicted molar refractivity (Wildman–Crippen MR) is 78.2 cm³/mol. The molecule has 0 aliphatic rings. The summed E-state index contributed by atoms with van der Waals surface area (Å²) in [5.41, 5.74) is 1.80. The first-order valence-corrected chi connectivity index (χ1v) is 6.04. The summed E-state index contributed by atoms with van der Waals surface area (Å²) in [6, 6.07) is 5.72. The van der Waals surface area contributed by atoms with E-state index in [2.05, 4.69) is 32.0 Å². The zero-order valence-electron chi connectivity index (χ0n) is 11.2. The van der Waals surface area contributed by atoms with Gasteiger partial charge >= 0.3 is 0 Å². The summed E-state index contributed by atoms with van der Waals surface area (Å²) in [6.45, 7) is 5.81. The number of hydrogen-bond acceptors (Lipinski definition) is 4. The van der Waals surface area contributed by atoms with Crippen LogP contribution in [0.1, 0.15) is 18.5 Å². The summed E-state index contributed by atoms with van der Waals surface area (Å²) in [6.07, 6.45) is 6.53. The summed E-state index contributed by atoms with van der Waals surface area (Å²) in [5, 5.41) is 2.98. The summed E-state index contributed by atoms with van der Waals surface area (Å²) < 4.78 is 5.11. The predicted octanol–water partition coefficient (Wildman–Crippen LogP) is 2.28. The third-order valence-electron chi connectivity index (χ3n) is 2.48. The highest BCUT2D eigenvalue weighted by Crippen LogP contribution is 2.09. The highest BCUT2D eigenvalue weighted by atomic mass is 16.3. The molecule has 20 heavy (non-hydrogen) atoms. The fourth-order valence-electron chi connectivity index (χ4n) is 1.46. The van der Waals surface area contributed by atoms with Gasteiger partial charge in [-0.1, -0.05) is 6.07 Å². The lowest BCUT2D eigenvalue weighted by Crippen LogP contribution is -2.20. The van der Waals surface area contributed by atoms with Crippen molar-refractivity contribution in [3.63, 3.8) is 0 Å². The molecule has 2 heterocycles. The van der Waals surface area contributed by atoms with Crippen LogP contribution in [-0.4, -0.2) is 22.6 Å². The number of pyridine rings is 1. The topological polar surface area (TPSA) is 75.7 Å². The summed E-state index contributed by atoms with van der Waals surface area (Å²) in [7, 11) is 0. The lowest BCUT2D eigenvalue weighted by Gasteiger charge is -2.02. The zero-order chi connectivity index (χ0) is 14.2. The largest absolute Gasteiger partial charge is 0.447 e. The van der Waals surface area contributed by atoms with Crippen LogP contribution in [-0.2, 0) is 6.54 Å². The van der Waals surface area contributed by atoms with Crippen LogP contribution in [0.4, 0.5) is 0 Å². The molecule has 102 valence electrons. The molecule has 0 amide bonds. The molecule has 1 N–H and O–H groups in total. The maximum atomic E-state index is 5.11. The number of aliphatic imine (C=N–C) groups is 2. The zero-order valence-corrected chi connectivity index (χ0v) is 11.2. The quantitative estimate of drug-likeness (QED) is 0.682. The van der Waals surface area contributed by atoms with Crippen molar-refractivity contribution in [1.29, 1.82) is 0 Å². The Bertz CT molecular complexity index is 602. The molecule has 2 aromatic heterocycles. The molecule has 0 bridgehead atoms. The van der Waals surface area contributed by atoms with Crippen LogP contribution in [0.3, 0.4) is 0 Å². The van der Waals surface area contributed by atoms with E-state index in [0.29, 0.717) is 18.4 Å². The second-order valence-corrected chi connectivity index (χ2v) is 3.92. The van der Waals surface area contributed by atoms with Gasteiger partial charge in [-0.3, -0.25) is 4.98 Å². The van der Waals surface area contributed by atoms with Gasteiger partial charge in [0, 0.05) is 12.4 Å². The van der Waals surface area contributed by atoms with Crippen LogP contribution in [0, 0.1) is 0 Å². The maximum Gasteiger partial charge on any atom is 0.222 e. The SMILES string of the molecule is C=N/C(=N\C=C(/C)c1ccccn1)NCc1ncco1. The van der Waals surface area contributed by atoms with Crippen molar-refractivity contribution in [3.05, 3.63) is 54.6 Å². The highest BCUT2D eigenvalue weighted by molar-refractivity contribution is 5.85.